The molecule has 2 unspecified atom stereocenters. The molecule has 86 valence electrons. The fourth-order valence-electron chi connectivity index (χ4n) is 2.87. The van der Waals surface area contributed by atoms with Crippen molar-refractivity contribution in [2.45, 2.75) is 43.6 Å². The number of thioether (sulfide) groups is 2. The molecule has 2 rings (SSSR count). The highest BCUT2D eigenvalue weighted by Crippen LogP contribution is 2.55. The van der Waals surface area contributed by atoms with Gasteiger partial charge in [-0.15, -0.1) is 23.5 Å². The number of carbonyl (C=O) groups is 1. The van der Waals surface area contributed by atoms with Crippen LogP contribution in [0.5, 0.6) is 0 Å². The molecule has 2 aliphatic rings. The van der Waals surface area contributed by atoms with Crippen LogP contribution in [0.15, 0.2) is 0 Å². The van der Waals surface area contributed by atoms with E-state index in [0.717, 1.165) is 12.8 Å². The summed E-state index contributed by atoms with van der Waals surface area (Å²) in [5.74, 6) is 3.94. The minimum absolute atomic E-state index is 0.0282. The molecule has 1 aliphatic heterocycles. The van der Waals surface area contributed by atoms with Crippen molar-refractivity contribution < 1.29 is 4.79 Å². The summed E-state index contributed by atoms with van der Waals surface area (Å²) in [5, 5.41) is 0. The highest BCUT2D eigenvalue weighted by atomic mass is 32.2. The molecule has 0 bridgehead atoms. The Bertz CT molecular complexity index is 246. The summed E-state index contributed by atoms with van der Waals surface area (Å²) in [6, 6.07) is 0. The zero-order chi connectivity index (χ0) is 10.9. The molecule has 3 heteroatoms. The number of hydrogen-bond acceptors (Lipinski definition) is 3. The molecule has 2 atom stereocenters. The maximum Gasteiger partial charge on any atom is 0.162 e. The van der Waals surface area contributed by atoms with E-state index in [4.69, 9.17) is 0 Å². The predicted octanol–water partition coefficient (Wildman–Crippen LogP) is 3.58. The Morgan fingerprint density at radius 3 is 2.40 bits per heavy atom. The van der Waals surface area contributed by atoms with Crippen molar-refractivity contribution in [3.05, 3.63) is 0 Å². The Hall–Kier alpha value is 0.370. The van der Waals surface area contributed by atoms with E-state index >= 15 is 0 Å². The van der Waals surface area contributed by atoms with Gasteiger partial charge in [-0.2, -0.15) is 0 Å². The topological polar surface area (TPSA) is 17.1 Å². The molecule has 1 nitrogen and oxygen atoms in total. The molecule has 1 heterocycles. The SMILES string of the molecule is CCC1CC2(SCCCS2)C(=O)C1CC. The first-order valence-corrected chi connectivity index (χ1v) is 8.03. The fourth-order valence-corrected chi connectivity index (χ4v) is 6.37. The van der Waals surface area contributed by atoms with Gasteiger partial charge in [-0.05, 0) is 36.7 Å². The number of ketones is 1. The standard InChI is InChI=1S/C12H20OS2/c1-3-9-8-12(11(13)10(9)4-2)14-6-5-7-15-12/h9-10H,3-8H2,1-2H3. The zero-order valence-corrected chi connectivity index (χ0v) is 11.3. The average molecular weight is 244 g/mol. The monoisotopic (exact) mass is 244 g/mol. The molecular weight excluding hydrogens is 224 g/mol. The normalized spacial score (nSPS) is 34.9. The van der Waals surface area contributed by atoms with Crippen LogP contribution in [0.2, 0.25) is 0 Å². The Morgan fingerprint density at radius 2 is 1.93 bits per heavy atom. The zero-order valence-electron chi connectivity index (χ0n) is 9.62. The van der Waals surface area contributed by atoms with E-state index in [9.17, 15) is 4.79 Å². The highest BCUT2D eigenvalue weighted by molar-refractivity contribution is 8.19. The molecule has 0 aromatic carbocycles. The molecule has 0 aromatic heterocycles. The summed E-state index contributed by atoms with van der Waals surface area (Å²) in [6.45, 7) is 4.40. The molecule has 2 fully saturated rings. The summed E-state index contributed by atoms with van der Waals surface area (Å²) >= 11 is 3.87. The van der Waals surface area contributed by atoms with Gasteiger partial charge in [-0.3, -0.25) is 4.79 Å². The van der Waals surface area contributed by atoms with Crippen LogP contribution in [0.4, 0.5) is 0 Å². The van der Waals surface area contributed by atoms with Gasteiger partial charge in [0.1, 0.15) is 4.08 Å². The first-order chi connectivity index (χ1) is 7.23. The van der Waals surface area contributed by atoms with Crippen LogP contribution in [0.1, 0.15) is 39.5 Å². The first-order valence-electron chi connectivity index (χ1n) is 6.05. The second-order valence-corrected chi connectivity index (χ2v) is 7.60. The molecule has 0 aromatic rings. The second-order valence-electron chi connectivity index (χ2n) is 4.55. The highest BCUT2D eigenvalue weighted by Gasteiger charge is 2.52. The lowest BCUT2D eigenvalue weighted by Gasteiger charge is -2.30. The number of Topliss-reactive ketones (excluding diaryl/α,β-unsaturated/α-hetero) is 1. The van der Waals surface area contributed by atoms with Crippen LogP contribution in [-0.4, -0.2) is 21.4 Å². The lowest BCUT2D eigenvalue weighted by molar-refractivity contribution is -0.121. The molecular formula is C12H20OS2. The molecule has 1 saturated heterocycles. The Morgan fingerprint density at radius 1 is 1.27 bits per heavy atom. The van der Waals surface area contributed by atoms with Gasteiger partial charge in [0, 0.05) is 5.92 Å². The second kappa shape index (κ2) is 4.70. The lowest BCUT2D eigenvalue weighted by atomic mass is 9.91. The molecule has 15 heavy (non-hydrogen) atoms. The maximum atomic E-state index is 12.4. The van der Waals surface area contributed by atoms with Crippen molar-refractivity contribution in [2.75, 3.05) is 11.5 Å². The average Bonchev–Trinajstić information content (AvgIpc) is 2.53. The first kappa shape index (κ1) is 11.8. The van der Waals surface area contributed by atoms with Gasteiger partial charge in [-0.1, -0.05) is 20.3 Å². The third-order valence-electron chi connectivity index (χ3n) is 3.74. The molecule has 0 amide bonds. The van der Waals surface area contributed by atoms with Crippen LogP contribution in [0, 0.1) is 11.8 Å². The van der Waals surface area contributed by atoms with Crippen LogP contribution in [-0.2, 0) is 4.79 Å². The minimum atomic E-state index is -0.0282. The summed E-state index contributed by atoms with van der Waals surface area (Å²) in [6.07, 6.45) is 4.63. The van der Waals surface area contributed by atoms with Gasteiger partial charge in [0.05, 0.1) is 0 Å². The molecule has 0 radical (unpaired) electrons. The summed E-state index contributed by atoms with van der Waals surface area (Å²) in [7, 11) is 0. The van der Waals surface area contributed by atoms with Gasteiger partial charge in [0.2, 0.25) is 0 Å². The van der Waals surface area contributed by atoms with Crippen molar-refractivity contribution in [1.29, 1.82) is 0 Å². The molecule has 1 spiro atoms. The lowest BCUT2D eigenvalue weighted by Crippen LogP contribution is -2.32. The summed E-state index contributed by atoms with van der Waals surface area (Å²) in [5.41, 5.74) is 0. The van der Waals surface area contributed by atoms with Gasteiger partial charge in [-0.25, -0.2) is 0 Å². The third kappa shape index (κ3) is 1.97. The van der Waals surface area contributed by atoms with Crippen LogP contribution >= 0.6 is 23.5 Å². The van der Waals surface area contributed by atoms with E-state index in [1.165, 1.54) is 24.3 Å². The van der Waals surface area contributed by atoms with Crippen molar-refractivity contribution >= 4 is 29.3 Å². The van der Waals surface area contributed by atoms with E-state index in [0.29, 0.717) is 17.6 Å². The molecule has 1 saturated carbocycles. The van der Waals surface area contributed by atoms with E-state index in [-0.39, 0.29) is 4.08 Å². The van der Waals surface area contributed by atoms with E-state index < -0.39 is 0 Å². The van der Waals surface area contributed by atoms with Crippen molar-refractivity contribution in [3.63, 3.8) is 0 Å². The quantitative estimate of drug-likeness (QED) is 0.739. The fraction of sp³-hybridized carbons (Fsp3) is 0.917. The Balaban J connectivity index is 2.17. The number of hydrogen-bond donors (Lipinski definition) is 0. The summed E-state index contributed by atoms with van der Waals surface area (Å²) < 4.78 is -0.0282. The smallest absolute Gasteiger partial charge is 0.162 e. The van der Waals surface area contributed by atoms with Crippen LogP contribution < -0.4 is 0 Å². The minimum Gasteiger partial charge on any atom is -0.297 e. The van der Waals surface area contributed by atoms with Gasteiger partial charge in [0.15, 0.2) is 5.78 Å². The number of rotatable bonds is 2. The van der Waals surface area contributed by atoms with E-state index in [1.54, 1.807) is 0 Å². The Kier molecular flexibility index (Phi) is 3.71. The van der Waals surface area contributed by atoms with E-state index in [2.05, 4.69) is 13.8 Å². The largest absolute Gasteiger partial charge is 0.297 e. The maximum absolute atomic E-state index is 12.4. The Labute approximate surface area is 101 Å². The predicted molar refractivity (Wildman–Crippen MR) is 69.5 cm³/mol. The molecule has 1 aliphatic carbocycles. The summed E-state index contributed by atoms with van der Waals surface area (Å²) in [4.78, 5) is 12.4. The van der Waals surface area contributed by atoms with E-state index in [1.807, 2.05) is 23.5 Å². The van der Waals surface area contributed by atoms with Crippen LogP contribution in [0.25, 0.3) is 0 Å². The third-order valence-corrected chi connectivity index (χ3v) is 7.10. The number of carbonyl (C=O) groups excluding carboxylic acids is 1. The van der Waals surface area contributed by atoms with Crippen LogP contribution in [0.3, 0.4) is 0 Å². The molecule has 0 N–H and O–H groups in total. The van der Waals surface area contributed by atoms with Crippen molar-refractivity contribution in [3.8, 4) is 0 Å². The van der Waals surface area contributed by atoms with Crippen molar-refractivity contribution in [1.82, 2.24) is 0 Å². The van der Waals surface area contributed by atoms with Crippen molar-refractivity contribution in [2.24, 2.45) is 11.8 Å². The van der Waals surface area contributed by atoms with Gasteiger partial charge in [0.25, 0.3) is 0 Å². The van der Waals surface area contributed by atoms with Gasteiger partial charge >= 0.3 is 0 Å². The van der Waals surface area contributed by atoms with Gasteiger partial charge < -0.3 is 0 Å².